The minimum absolute atomic E-state index is 0.104. The molecule has 1 amide bonds. The maximum absolute atomic E-state index is 12.2. The number of carbonyl (C=O) groups excluding carboxylic acids is 1. The van der Waals surface area contributed by atoms with Crippen molar-refractivity contribution in [2.45, 2.75) is 38.1 Å². The summed E-state index contributed by atoms with van der Waals surface area (Å²) in [6, 6.07) is 9.73. The van der Waals surface area contributed by atoms with E-state index in [9.17, 15) is 4.79 Å². The number of nitriles is 1. The molecule has 0 bridgehead atoms. The van der Waals surface area contributed by atoms with Crippen molar-refractivity contribution in [3.05, 3.63) is 29.8 Å². The van der Waals surface area contributed by atoms with Crippen LogP contribution in [0.25, 0.3) is 0 Å². The summed E-state index contributed by atoms with van der Waals surface area (Å²) in [7, 11) is 1.77. The molecule has 1 heterocycles. The van der Waals surface area contributed by atoms with Gasteiger partial charge in [0.1, 0.15) is 0 Å². The summed E-state index contributed by atoms with van der Waals surface area (Å²) in [4.78, 5) is 13.8. The number of hydrogen-bond acceptors (Lipinski definition) is 3. The Labute approximate surface area is 120 Å². The Morgan fingerprint density at radius 2 is 2.35 bits per heavy atom. The van der Waals surface area contributed by atoms with Crippen molar-refractivity contribution in [1.29, 1.82) is 5.26 Å². The van der Waals surface area contributed by atoms with E-state index in [0.717, 1.165) is 18.7 Å². The molecular weight excluding hydrogens is 250 g/mol. The Morgan fingerprint density at radius 1 is 1.50 bits per heavy atom. The zero-order valence-electron chi connectivity index (χ0n) is 11.9. The summed E-state index contributed by atoms with van der Waals surface area (Å²) < 4.78 is 0. The molecule has 1 aliphatic rings. The maximum Gasteiger partial charge on any atom is 0.226 e. The number of hydrogen-bond donors (Lipinski definition) is 1. The SMILES string of the molecule is CN(C(=O)CCC1CCCCN1)c1cccc(C#N)c1. The fourth-order valence-corrected chi connectivity index (χ4v) is 2.56. The third-order valence-electron chi connectivity index (χ3n) is 3.86. The minimum Gasteiger partial charge on any atom is -0.315 e. The molecule has 4 heteroatoms. The van der Waals surface area contributed by atoms with Crippen molar-refractivity contribution in [2.75, 3.05) is 18.5 Å². The molecule has 4 nitrogen and oxygen atoms in total. The number of nitrogens with zero attached hydrogens (tertiary/aromatic N) is 2. The summed E-state index contributed by atoms with van der Waals surface area (Å²) in [5.41, 5.74) is 1.36. The molecule has 0 radical (unpaired) electrons. The van der Waals surface area contributed by atoms with Gasteiger partial charge in [0.15, 0.2) is 0 Å². The molecule has 20 heavy (non-hydrogen) atoms. The lowest BCUT2D eigenvalue weighted by Gasteiger charge is -2.24. The Hall–Kier alpha value is -1.86. The first-order valence-electron chi connectivity index (χ1n) is 7.21. The summed E-state index contributed by atoms with van der Waals surface area (Å²) in [5.74, 6) is 0.104. The molecule has 1 N–H and O–H groups in total. The predicted octanol–water partition coefficient (Wildman–Crippen LogP) is 2.44. The van der Waals surface area contributed by atoms with E-state index in [0.29, 0.717) is 18.0 Å². The lowest BCUT2D eigenvalue weighted by molar-refractivity contribution is -0.118. The van der Waals surface area contributed by atoms with Gasteiger partial charge in [-0.15, -0.1) is 0 Å². The molecule has 0 aliphatic carbocycles. The van der Waals surface area contributed by atoms with Gasteiger partial charge < -0.3 is 10.2 Å². The molecule has 1 unspecified atom stereocenters. The van der Waals surface area contributed by atoms with Crippen LogP contribution in [0.5, 0.6) is 0 Å². The Bertz CT molecular complexity index is 501. The minimum atomic E-state index is 0.104. The number of piperidine rings is 1. The van der Waals surface area contributed by atoms with Gasteiger partial charge in [0.25, 0.3) is 0 Å². The molecule has 1 aromatic rings. The Morgan fingerprint density at radius 3 is 3.05 bits per heavy atom. The number of amides is 1. The first-order valence-corrected chi connectivity index (χ1v) is 7.21. The third-order valence-corrected chi connectivity index (χ3v) is 3.86. The molecule has 1 atom stereocenters. The van der Waals surface area contributed by atoms with Gasteiger partial charge in [-0.3, -0.25) is 4.79 Å². The molecule has 1 aromatic carbocycles. The van der Waals surface area contributed by atoms with E-state index in [2.05, 4.69) is 11.4 Å². The Balaban J connectivity index is 1.89. The monoisotopic (exact) mass is 271 g/mol. The molecule has 2 rings (SSSR count). The second kappa shape index (κ2) is 7.06. The van der Waals surface area contributed by atoms with Gasteiger partial charge in [0.05, 0.1) is 11.6 Å². The van der Waals surface area contributed by atoms with Crippen molar-refractivity contribution >= 4 is 11.6 Å². The van der Waals surface area contributed by atoms with Crippen molar-refractivity contribution < 1.29 is 4.79 Å². The zero-order valence-corrected chi connectivity index (χ0v) is 11.9. The van der Waals surface area contributed by atoms with Crippen LogP contribution >= 0.6 is 0 Å². The number of nitrogens with one attached hydrogen (secondary N) is 1. The fraction of sp³-hybridized carbons (Fsp3) is 0.500. The maximum atomic E-state index is 12.2. The van der Waals surface area contributed by atoms with E-state index in [1.54, 1.807) is 30.1 Å². The molecule has 1 saturated heterocycles. The first kappa shape index (κ1) is 14.5. The largest absolute Gasteiger partial charge is 0.315 e. The molecular formula is C16H21N3O. The van der Waals surface area contributed by atoms with E-state index in [-0.39, 0.29) is 5.91 Å². The average molecular weight is 271 g/mol. The van der Waals surface area contributed by atoms with Crippen molar-refractivity contribution in [3.8, 4) is 6.07 Å². The summed E-state index contributed by atoms with van der Waals surface area (Å²) in [6.07, 6.45) is 5.10. The van der Waals surface area contributed by atoms with Crippen LogP contribution in [-0.2, 0) is 4.79 Å². The number of carbonyl (C=O) groups is 1. The summed E-state index contributed by atoms with van der Waals surface area (Å²) in [6.45, 7) is 1.07. The lowest BCUT2D eigenvalue weighted by atomic mass is 10.0. The smallest absolute Gasteiger partial charge is 0.226 e. The van der Waals surface area contributed by atoms with Gasteiger partial charge >= 0.3 is 0 Å². The molecule has 106 valence electrons. The van der Waals surface area contributed by atoms with Crippen LogP contribution in [0.4, 0.5) is 5.69 Å². The van der Waals surface area contributed by atoms with Gasteiger partial charge in [0, 0.05) is 25.2 Å². The van der Waals surface area contributed by atoms with Crippen LogP contribution in [-0.4, -0.2) is 25.5 Å². The van der Waals surface area contributed by atoms with E-state index in [1.165, 1.54) is 19.3 Å². The Kier molecular flexibility index (Phi) is 5.14. The van der Waals surface area contributed by atoms with Gasteiger partial charge in [-0.2, -0.15) is 5.26 Å². The van der Waals surface area contributed by atoms with Gasteiger partial charge in [-0.25, -0.2) is 0 Å². The van der Waals surface area contributed by atoms with Gasteiger partial charge in [-0.05, 0) is 44.0 Å². The van der Waals surface area contributed by atoms with Crippen LogP contribution < -0.4 is 10.2 Å². The zero-order chi connectivity index (χ0) is 14.4. The van der Waals surface area contributed by atoms with Crippen LogP contribution in [0.1, 0.15) is 37.7 Å². The highest BCUT2D eigenvalue weighted by atomic mass is 16.2. The topological polar surface area (TPSA) is 56.1 Å². The lowest BCUT2D eigenvalue weighted by Crippen LogP contribution is -2.35. The summed E-state index contributed by atoms with van der Waals surface area (Å²) >= 11 is 0. The van der Waals surface area contributed by atoms with E-state index in [1.807, 2.05) is 6.07 Å². The molecule has 0 spiro atoms. The quantitative estimate of drug-likeness (QED) is 0.915. The van der Waals surface area contributed by atoms with E-state index < -0.39 is 0 Å². The van der Waals surface area contributed by atoms with Crippen LogP contribution in [0, 0.1) is 11.3 Å². The van der Waals surface area contributed by atoms with Crippen LogP contribution in [0.15, 0.2) is 24.3 Å². The molecule has 1 fully saturated rings. The summed E-state index contributed by atoms with van der Waals surface area (Å²) in [5, 5.41) is 12.4. The second-order valence-electron chi connectivity index (χ2n) is 5.30. The standard InChI is InChI=1S/C16H21N3O/c1-19(15-7-4-5-13(11-15)12-17)16(20)9-8-14-6-2-3-10-18-14/h4-5,7,11,14,18H,2-3,6,8-10H2,1H3. The number of anilines is 1. The van der Waals surface area contributed by atoms with Crippen molar-refractivity contribution in [1.82, 2.24) is 5.32 Å². The van der Waals surface area contributed by atoms with E-state index >= 15 is 0 Å². The van der Waals surface area contributed by atoms with Gasteiger partial charge in [0.2, 0.25) is 5.91 Å². The fourth-order valence-electron chi connectivity index (χ4n) is 2.56. The van der Waals surface area contributed by atoms with E-state index in [4.69, 9.17) is 5.26 Å². The number of benzene rings is 1. The van der Waals surface area contributed by atoms with Crippen LogP contribution in [0.3, 0.4) is 0 Å². The second-order valence-corrected chi connectivity index (χ2v) is 5.30. The third kappa shape index (κ3) is 3.82. The number of rotatable bonds is 4. The van der Waals surface area contributed by atoms with Crippen molar-refractivity contribution in [3.63, 3.8) is 0 Å². The van der Waals surface area contributed by atoms with Gasteiger partial charge in [-0.1, -0.05) is 12.5 Å². The molecule has 0 aromatic heterocycles. The molecule has 0 saturated carbocycles. The van der Waals surface area contributed by atoms with Crippen molar-refractivity contribution in [2.24, 2.45) is 0 Å². The first-order chi connectivity index (χ1) is 9.70. The highest BCUT2D eigenvalue weighted by Gasteiger charge is 2.16. The highest BCUT2D eigenvalue weighted by Crippen LogP contribution is 2.17. The average Bonchev–Trinajstić information content (AvgIpc) is 2.53. The van der Waals surface area contributed by atoms with Crippen LogP contribution in [0.2, 0.25) is 0 Å². The molecule has 1 aliphatic heterocycles. The highest BCUT2D eigenvalue weighted by molar-refractivity contribution is 5.92. The predicted molar refractivity (Wildman–Crippen MR) is 79.4 cm³/mol. The normalized spacial score (nSPS) is 18.3.